The van der Waals surface area contributed by atoms with E-state index >= 15 is 0 Å². The fourth-order valence-electron chi connectivity index (χ4n) is 5.38. The van der Waals surface area contributed by atoms with E-state index in [0.717, 1.165) is 36.0 Å². The zero-order valence-corrected chi connectivity index (χ0v) is 16.3. The summed E-state index contributed by atoms with van der Waals surface area (Å²) in [6.07, 6.45) is 17.5. The van der Waals surface area contributed by atoms with Crippen LogP contribution in [0, 0.1) is 23.7 Å². The first kappa shape index (κ1) is 18.8. The summed E-state index contributed by atoms with van der Waals surface area (Å²) in [5.41, 5.74) is 0. The monoisotopic (exact) mass is 342 g/mol. The summed E-state index contributed by atoms with van der Waals surface area (Å²) in [6, 6.07) is 10.3. The number of hydrogen-bond acceptors (Lipinski definition) is 1. The van der Waals surface area contributed by atoms with Gasteiger partial charge in [-0.25, -0.2) is 0 Å². The van der Waals surface area contributed by atoms with Crippen molar-refractivity contribution in [2.75, 3.05) is 6.61 Å². The molecule has 1 aromatic rings. The van der Waals surface area contributed by atoms with Crippen LogP contribution in [0.1, 0.15) is 84.0 Å². The minimum absolute atomic E-state index is 0.880. The van der Waals surface area contributed by atoms with Crippen molar-refractivity contribution >= 4 is 0 Å². The average Bonchev–Trinajstić information content (AvgIpc) is 2.68. The highest BCUT2D eigenvalue weighted by Crippen LogP contribution is 2.42. The van der Waals surface area contributed by atoms with Gasteiger partial charge in [-0.1, -0.05) is 63.6 Å². The molecule has 0 amide bonds. The standard InChI is InChI=1S/C24H38O/c1-2-7-20-11-15-22(16-12-20)23-17-13-21(14-18-23)8-6-19-25-24-9-4-3-5-10-24/h3-5,9-10,20-23H,2,6-8,11-19H2,1H3. The predicted molar refractivity (Wildman–Crippen MR) is 107 cm³/mol. The van der Waals surface area contributed by atoms with Crippen LogP contribution < -0.4 is 4.74 Å². The van der Waals surface area contributed by atoms with Crippen LogP contribution in [-0.2, 0) is 0 Å². The Morgan fingerprint density at radius 2 is 1.32 bits per heavy atom. The Labute approximate surface area is 155 Å². The molecule has 0 aliphatic heterocycles. The number of hydrogen-bond donors (Lipinski definition) is 0. The normalized spacial score (nSPS) is 30.1. The van der Waals surface area contributed by atoms with Gasteiger partial charge in [-0.3, -0.25) is 0 Å². The van der Waals surface area contributed by atoms with Gasteiger partial charge in [-0.05, 0) is 74.3 Å². The third-order valence-corrected chi connectivity index (χ3v) is 6.92. The summed E-state index contributed by atoms with van der Waals surface area (Å²) in [4.78, 5) is 0. The van der Waals surface area contributed by atoms with Gasteiger partial charge in [-0.2, -0.15) is 0 Å². The molecule has 1 aromatic carbocycles. The fourth-order valence-corrected chi connectivity index (χ4v) is 5.38. The largest absolute Gasteiger partial charge is 0.494 e. The smallest absolute Gasteiger partial charge is 0.119 e. The summed E-state index contributed by atoms with van der Waals surface area (Å²) >= 11 is 0. The molecule has 0 spiro atoms. The summed E-state index contributed by atoms with van der Waals surface area (Å²) < 4.78 is 5.84. The van der Waals surface area contributed by atoms with Gasteiger partial charge in [0.15, 0.2) is 0 Å². The molecule has 0 bridgehead atoms. The molecule has 0 unspecified atom stereocenters. The molecule has 1 heteroatoms. The SMILES string of the molecule is CCCC1CCC(C2CCC(CCCOc3ccccc3)CC2)CC1. The second kappa shape index (κ2) is 10.2. The molecule has 1 nitrogen and oxygen atoms in total. The van der Waals surface area contributed by atoms with Gasteiger partial charge in [0, 0.05) is 0 Å². The zero-order chi connectivity index (χ0) is 17.3. The molecule has 0 saturated heterocycles. The van der Waals surface area contributed by atoms with E-state index < -0.39 is 0 Å². The van der Waals surface area contributed by atoms with Crippen molar-refractivity contribution in [1.29, 1.82) is 0 Å². The molecule has 2 saturated carbocycles. The van der Waals surface area contributed by atoms with E-state index in [9.17, 15) is 0 Å². The van der Waals surface area contributed by atoms with Gasteiger partial charge < -0.3 is 4.74 Å². The first-order valence-corrected chi connectivity index (χ1v) is 11.0. The Morgan fingerprint density at radius 1 is 0.760 bits per heavy atom. The quantitative estimate of drug-likeness (QED) is 0.452. The van der Waals surface area contributed by atoms with E-state index in [-0.39, 0.29) is 0 Å². The van der Waals surface area contributed by atoms with Gasteiger partial charge in [0.25, 0.3) is 0 Å². The molecule has 25 heavy (non-hydrogen) atoms. The highest BCUT2D eigenvalue weighted by Gasteiger charge is 2.30. The van der Waals surface area contributed by atoms with Crippen LogP contribution in [0.3, 0.4) is 0 Å². The van der Waals surface area contributed by atoms with E-state index in [4.69, 9.17) is 4.74 Å². The Morgan fingerprint density at radius 3 is 1.88 bits per heavy atom. The van der Waals surface area contributed by atoms with Crippen LogP contribution in [0.4, 0.5) is 0 Å². The van der Waals surface area contributed by atoms with E-state index in [1.165, 1.54) is 77.0 Å². The molecule has 140 valence electrons. The Balaban J connectivity index is 1.27. The maximum Gasteiger partial charge on any atom is 0.119 e. The van der Waals surface area contributed by atoms with Crippen molar-refractivity contribution in [3.05, 3.63) is 30.3 Å². The summed E-state index contributed by atoms with van der Waals surface area (Å²) in [5, 5.41) is 0. The molecule has 0 aromatic heterocycles. The highest BCUT2D eigenvalue weighted by atomic mass is 16.5. The lowest BCUT2D eigenvalue weighted by atomic mass is 9.68. The minimum Gasteiger partial charge on any atom is -0.494 e. The molecule has 2 aliphatic rings. The molecule has 0 heterocycles. The van der Waals surface area contributed by atoms with Crippen molar-refractivity contribution in [2.24, 2.45) is 23.7 Å². The Bertz CT molecular complexity index is 452. The molecular formula is C24H38O. The van der Waals surface area contributed by atoms with Gasteiger partial charge in [0.1, 0.15) is 5.75 Å². The minimum atomic E-state index is 0.880. The van der Waals surface area contributed by atoms with Crippen LogP contribution in [-0.4, -0.2) is 6.61 Å². The van der Waals surface area contributed by atoms with Crippen molar-refractivity contribution in [2.45, 2.75) is 84.0 Å². The maximum atomic E-state index is 5.84. The second-order valence-electron chi connectivity index (χ2n) is 8.65. The number of para-hydroxylation sites is 1. The highest BCUT2D eigenvalue weighted by molar-refractivity contribution is 5.20. The molecule has 0 atom stereocenters. The van der Waals surface area contributed by atoms with Crippen LogP contribution in [0.25, 0.3) is 0 Å². The van der Waals surface area contributed by atoms with E-state index in [1.807, 2.05) is 18.2 Å². The Hall–Kier alpha value is -0.980. The first-order chi connectivity index (χ1) is 12.3. The van der Waals surface area contributed by atoms with Crippen LogP contribution in [0.2, 0.25) is 0 Å². The van der Waals surface area contributed by atoms with E-state index in [2.05, 4.69) is 19.1 Å². The molecule has 3 rings (SSSR count). The Kier molecular flexibility index (Phi) is 7.70. The number of rotatable bonds is 8. The molecule has 2 aliphatic carbocycles. The molecule has 0 N–H and O–H groups in total. The predicted octanol–water partition coefficient (Wildman–Crippen LogP) is 7.26. The first-order valence-electron chi connectivity index (χ1n) is 11.0. The van der Waals surface area contributed by atoms with Crippen LogP contribution >= 0.6 is 0 Å². The fraction of sp³-hybridized carbons (Fsp3) is 0.750. The van der Waals surface area contributed by atoms with Crippen LogP contribution in [0.15, 0.2) is 30.3 Å². The zero-order valence-electron chi connectivity index (χ0n) is 16.3. The van der Waals surface area contributed by atoms with E-state index in [1.54, 1.807) is 0 Å². The van der Waals surface area contributed by atoms with Crippen LogP contribution in [0.5, 0.6) is 5.75 Å². The third kappa shape index (κ3) is 6.04. The van der Waals surface area contributed by atoms with E-state index in [0.29, 0.717) is 0 Å². The van der Waals surface area contributed by atoms with Crippen molar-refractivity contribution in [1.82, 2.24) is 0 Å². The van der Waals surface area contributed by atoms with Gasteiger partial charge in [-0.15, -0.1) is 0 Å². The summed E-state index contributed by atoms with van der Waals surface area (Å²) in [7, 11) is 0. The van der Waals surface area contributed by atoms with Crippen molar-refractivity contribution in [3.8, 4) is 5.75 Å². The summed E-state index contributed by atoms with van der Waals surface area (Å²) in [5.74, 6) is 5.16. The summed E-state index contributed by atoms with van der Waals surface area (Å²) in [6.45, 7) is 3.23. The average molecular weight is 343 g/mol. The number of ether oxygens (including phenoxy) is 1. The topological polar surface area (TPSA) is 9.23 Å². The second-order valence-corrected chi connectivity index (χ2v) is 8.65. The molecular weight excluding hydrogens is 304 g/mol. The van der Waals surface area contributed by atoms with Crippen molar-refractivity contribution in [3.63, 3.8) is 0 Å². The van der Waals surface area contributed by atoms with Gasteiger partial charge >= 0.3 is 0 Å². The molecule has 2 fully saturated rings. The number of benzene rings is 1. The molecule has 0 radical (unpaired) electrons. The lowest BCUT2D eigenvalue weighted by Crippen LogP contribution is -2.26. The third-order valence-electron chi connectivity index (χ3n) is 6.92. The van der Waals surface area contributed by atoms with Crippen molar-refractivity contribution < 1.29 is 4.74 Å². The lowest BCUT2D eigenvalue weighted by molar-refractivity contribution is 0.138. The lowest BCUT2D eigenvalue weighted by Gasteiger charge is -2.38. The van der Waals surface area contributed by atoms with Gasteiger partial charge in [0.2, 0.25) is 0 Å². The van der Waals surface area contributed by atoms with Gasteiger partial charge in [0.05, 0.1) is 6.61 Å². The maximum absolute atomic E-state index is 5.84.